The second-order valence-electron chi connectivity index (χ2n) is 5.41. The van der Waals surface area contributed by atoms with E-state index in [9.17, 15) is 0 Å². The van der Waals surface area contributed by atoms with Crippen molar-refractivity contribution in [2.24, 2.45) is 10.9 Å². The van der Waals surface area contributed by atoms with E-state index in [0.29, 0.717) is 18.0 Å². The molecule has 2 N–H and O–H groups in total. The Labute approximate surface area is 106 Å². The standard InChI is InChI=1S/C13H28N4/c1-10(2)11(3)16-13(14-4)15-9-12-7-6-8-17(12)5/h10-12H,6-9H2,1-5H3,(H2,14,15,16). The van der Waals surface area contributed by atoms with Crippen molar-refractivity contribution in [1.82, 2.24) is 15.5 Å². The molecule has 0 saturated carbocycles. The first-order valence-electron chi connectivity index (χ1n) is 6.72. The van der Waals surface area contributed by atoms with Crippen molar-refractivity contribution < 1.29 is 0 Å². The van der Waals surface area contributed by atoms with Crippen molar-refractivity contribution in [3.63, 3.8) is 0 Å². The molecule has 100 valence electrons. The number of guanidine groups is 1. The smallest absolute Gasteiger partial charge is 0.191 e. The lowest BCUT2D eigenvalue weighted by Crippen LogP contribution is -2.47. The maximum atomic E-state index is 4.27. The Hall–Kier alpha value is -0.770. The van der Waals surface area contributed by atoms with Crippen LogP contribution in [0.1, 0.15) is 33.6 Å². The lowest BCUT2D eigenvalue weighted by molar-refractivity contribution is 0.309. The van der Waals surface area contributed by atoms with Crippen molar-refractivity contribution in [3.8, 4) is 0 Å². The number of hydrogen-bond donors (Lipinski definition) is 2. The van der Waals surface area contributed by atoms with Crippen LogP contribution in [-0.2, 0) is 0 Å². The predicted octanol–water partition coefficient (Wildman–Crippen LogP) is 1.29. The molecule has 0 aromatic rings. The summed E-state index contributed by atoms with van der Waals surface area (Å²) in [7, 11) is 4.03. The molecule has 17 heavy (non-hydrogen) atoms. The van der Waals surface area contributed by atoms with Gasteiger partial charge in [-0.3, -0.25) is 4.99 Å². The lowest BCUT2D eigenvalue weighted by Gasteiger charge is -2.24. The van der Waals surface area contributed by atoms with Crippen LogP contribution < -0.4 is 10.6 Å². The van der Waals surface area contributed by atoms with Gasteiger partial charge in [0, 0.05) is 25.7 Å². The number of likely N-dealkylation sites (tertiary alicyclic amines) is 1. The molecule has 4 heteroatoms. The topological polar surface area (TPSA) is 39.7 Å². The van der Waals surface area contributed by atoms with Crippen molar-refractivity contribution in [1.29, 1.82) is 0 Å². The number of hydrogen-bond acceptors (Lipinski definition) is 2. The molecule has 2 unspecified atom stereocenters. The summed E-state index contributed by atoms with van der Waals surface area (Å²) >= 11 is 0. The molecule has 1 aliphatic rings. The summed E-state index contributed by atoms with van der Waals surface area (Å²) in [5.41, 5.74) is 0. The molecule has 4 nitrogen and oxygen atoms in total. The molecule has 1 fully saturated rings. The van der Waals surface area contributed by atoms with Crippen LogP contribution in [0.3, 0.4) is 0 Å². The largest absolute Gasteiger partial charge is 0.355 e. The second-order valence-corrected chi connectivity index (χ2v) is 5.41. The van der Waals surface area contributed by atoms with Gasteiger partial charge >= 0.3 is 0 Å². The summed E-state index contributed by atoms with van der Waals surface area (Å²) in [6.45, 7) is 8.84. The minimum absolute atomic E-state index is 0.447. The summed E-state index contributed by atoms with van der Waals surface area (Å²) in [6, 6.07) is 1.10. The molecule has 0 amide bonds. The van der Waals surface area contributed by atoms with Gasteiger partial charge in [-0.05, 0) is 39.3 Å². The Morgan fingerprint density at radius 2 is 2.12 bits per heavy atom. The van der Waals surface area contributed by atoms with Crippen molar-refractivity contribution in [2.75, 3.05) is 27.2 Å². The van der Waals surface area contributed by atoms with Gasteiger partial charge in [0.2, 0.25) is 0 Å². The van der Waals surface area contributed by atoms with E-state index < -0.39 is 0 Å². The second kappa shape index (κ2) is 6.84. The number of rotatable bonds is 4. The van der Waals surface area contributed by atoms with Gasteiger partial charge in [0.05, 0.1) is 0 Å². The maximum absolute atomic E-state index is 4.27. The molecule has 0 aromatic heterocycles. The van der Waals surface area contributed by atoms with E-state index in [-0.39, 0.29) is 0 Å². The summed E-state index contributed by atoms with van der Waals surface area (Å²) in [5, 5.41) is 6.85. The molecular formula is C13H28N4. The normalized spacial score (nSPS) is 24.1. The fourth-order valence-electron chi connectivity index (χ4n) is 2.03. The van der Waals surface area contributed by atoms with Gasteiger partial charge in [0.25, 0.3) is 0 Å². The lowest BCUT2D eigenvalue weighted by atomic mass is 10.1. The highest BCUT2D eigenvalue weighted by atomic mass is 15.2. The minimum Gasteiger partial charge on any atom is -0.355 e. The summed E-state index contributed by atoms with van der Waals surface area (Å²) < 4.78 is 0. The Morgan fingerprint density at radius 1 is 1.41 bits per heavy atom. The average molecular weight is 240 g/mol. The first-order valence-corrected chi connectivity index (χ1v) is 6.72. The molecular weight excluding hydrogens is 212 g/mol. The third-order valence-corrected chi connectivity index (χ3v) is 3.76. The van der Waals surface area contributed by atoms with Gasteiger partial charge in [0.15, 0.2) is 5.96 Å². The molecule has 1 rings (SSSR count). The highest BCUT2D eigenvalue weighted by molar-refractivity contribution is 5.79. The molecule has 1 saturated heterocycles. The van der Waals surface area contributed by atoms with Crippen LogP contribution in [0.2, 0.25) is 0 Å². The van der Waals surface area contributed by atoms with E-state index in [1.807, 2.05) is 7.05 Å². The third kappa shape index (κ3) is 4.54. The maximum Gasteiger partial charge on any atom is 0.191 e. The predicted molar refractivity (Wildman–Crippen MR) is 74.4 cm³/mol. The molecule has 1 heterocycles. The van der Waals surface area contributed by atoms with Crippen molar-refractivity contribution in [2.45, 2.75) is 45.7 Å². The number of nitrogens with zero attached hydrogens (tertiary/aromatic N) is 2. The van der Waals surface area contributed by atoms with E-state index >= 15 is 0 Å². The fraction of sp³-hybridized carbons (Fsp3) is 0.923. The summed E-state index contributed by atoms with van der Waals surface area (Å²) in [6.07, 6.45) is 2.61. The van der Waals surface area contributed by atoms with Crippen LogP contribution in [0.4, 0.5) is 0 Å². The van der Waals surface area contributed by atoms with Gasteiger partial charge in [-0.25, -0.2) is 0 Å². The van der Waals surface area contributed by atoms with E-state index in [0.717, 1.165) is 12.5 Å². The molecule has 2 atom stereocenters. The zero-order valence-corrected chi connectivity index (χ0v) is 12.0. The SMILES string of the molecule is CN=C(NCC1CCCN1C)NC(C)C(C)C. The van der Waals surface area contributed by atoms with E-state index in [4.69, 9.17) is 0 Å². The van der Waals surface area contributed by atoms with Crippen LogP contribution in [0.5, 0.6) is 0 Å². The first kappa shape index (κ1) is 14.3. The van der Waals surface area contributed by atoms with Gasteiger partial charge < -0.3 is 15.5 Å². The number of nitrogens with one attached hydrogen (secondary N) is 2. The Kier molecular flexibility index (Phi) is 5.75. The Morgan fingerprint density at radius 3 is 2.59 bits per heavy atom. The van der Waals surface area contributed by atoms with Crippen LogP contribution in [0.15, 0.2) is 4.99 Å². The highest BCUT2D eigenvalue weighted by Crippen LogP contribution is 2.13. The Bertz CT molecular complexity index is 250. The summed E-state index contributed by atoms with van der Waals surface area (Å²) in [5.74, 6) is 1.54. The zero-order valence-electron chi connectivity index (χ0n) is 12.0. The molecule has 0 bridgehead atoms. The van der Waals surface area contributed by atoms with E-state index in [2.05, 4.69) is 48.3 Å². The quantitative estimate of drug-likeness (QED) is 0.574. The van der Waals surface area contributed by atoms with Crippen LogP contribution in [0, 0.1) is 5.92 Å². The van der Waals surface area contributed by atoms with Gasteiger partial charge in [-0.2, -0.15) is 0 Å². The average Bonchev–Trinajstić information content (AvgIpc) is 2.69. The Balaban J connectivity index is 2.32. The van der Waals surface area contributed by atoms with Crippen LogP contribution in [-0.4, -0.2) is 50.1 Å². The van der Waals surface area contributed by atoms with Gasteiger partial charge in [-0.15, -0.1) is 0 Å². The summed E-state index contributed by atoms with van der Waals surface area (Å²) in [4.78, 5) is 6.70. The minimum atomic E-state index is 0.447. The van der Waals surface area contributed by atoms with E-state index in [1.165, 1.54) is 19.4 Å². The monoisotopic (exact) mass is 240 g/mol. The van der Waals surface area contributed by atoms with Crippen LogP contribution in [0.25, 0.3) is 0 Å². The third-order valence-electron chi connectivity index (χ3n) is 3.76. The van der Waals surface area contributed by atoms with Crippen molar-refractivity contribution in [3.05, 3.63) is 0 Å². The van der Waals surface area contributed by atoms with Gasteiger partial charge in [0.1, 0.15) is 0 Å². The molecule has 0 radical (unpaired) electrons. The number of aliphatic imine (C=N–C) groups is 1. The fourth-order valence-corrected chi connectivity index (χ4v) is 2.03. The molecule has 0 aliphatic carbocycles. The van der Waals surface area contributed by atoms with Crippen molar-refractivity contribution >= 4 is 5.96 Å². The van der Waals surface area contributed by atoms with Gasteiger partial charge in [-0.1, -0.05) is 13.8 Å². The highest BCUT2D eigenvalue weighted by Gasteiger charge is 2.20. The van der Waals surface area contributed by atoms with E-state index in [1.54, 1.807) is 0 Å². The molecule has 0 spiro atoms. The zero-order chi connectivity index (χ0) is 12.8. The number of likely N-dealkylation sites (N-methyl/N-ethyl adjacent to an activating group) is 1. The molecule has 1 aliphatic heterocycles. The first-order chi connectivity index (χ1) is 8.04. The van der Waals surface area contributed by atoms with Crippen LogP contribution >= 0.6 is 0 Å². The molecule has 0 aromatic carbocycles.